The molecule has 1 N–H and O–H groups in total. The Morgan fingerprint density at radius 1 is 1.25 bits per heavy atom. The normalized spacial score (nSPS) is 13.4. The van der Waals surface area contributed by atoms with Crippen molar-refractivity contribution in [2.24, 2.45) is 0 Å². The number of benzene rings is 1. The highest BCUT2D eigenvalue weighted by Crippen LogP contribution is 2.25. The molecule has 0 radical (unpaired) electrons. The zero-order valence-corrected chi connectivity index (χ0v) is 14.8. The fourth-order valence-electron chi connectivity index (χ4n) is 1.86. The van der Waals surface area contributed by atoms with E-state index < -0.39 is 0 Å². The summed E-state index contributed by atoms with van der Waals surface area (Å²) in [6.07, 6.45) is 0. The minimum Gasteiger partial charge on any atom is -0.305 e. The van der Waals surface area contributed by atoms with Gasteiger partial charge < -0.3 is 5.32 Å². The number of nitrogens with one attached hydrogen (secondary N) is 1. The summed E-state index contributed by atoms with van der Waals surface area (Å²) in [4.78, 5) is 4.71. The van der Waals surface area contributed by atoms with Crippen molar-refractivity contribution in [2.75, 3.05) is 0 Å². The first-order valence-corrected chi connectivity index (χ1v) is 8.47. The molecule has 108 valence electrons. The summed E-state index contributed by atoms with van der Waals surface area (Å²) in [6, 6.07) is 8.76. The monoisotopic (exact) mass is 352 g/mol. The first-order valence-electron chi connectivity index (χ1n) is 6.80. The molecule has 0 amide bonds. The third-order valence-electron chi connectivity index (χ3n) is 3.15. The van der Waals surface area contributed by atoms with Crippen molar-refractivity contribution in [3.8, 4) is 0 Å². The van der Waals surface area contributed by atoms with Crippen molar-refractivity contribution in [1.29, 1.82) is 0 Å². The molecule has 0 fully saturated rings. The molecule has 0 bridgehead atoms. The van der Waals surface area contributed by atoms with Gasteiger partial charge in [-0.1, -0.05) is 48.8 Å². The third-order valence-corrected chi connectivity index (χ3v) is 5.00. The maximum atomic E-state index is 4.71. The molecule has 1 aromatic carbocycles. The highest BCUT2D eigenvalue weighted by atomic mass is 79.9. The Morgan fingerprint density at radius 3 is 2.45 bits per heavy atom. The molecule has 0 aliphatic carbocycles. The molecular formula is C16H21BrN2S. The molecule has 2 nitrogen and oxygen atoms in total. The number of hydrogen-bond acceptors (Lipinski definition) is 3. The Labute approximate surface area is 133 Å². The van der Waals surface area contributed by atoms with Crippen LogP contribution in [0.25, 0.3) is 0 Å². The molecule has 0 aliphatic rings. The number of halogens is 1. The van der Waals surface area contributed by atoms with E-state index in [0.717, 1.165) is 16.7 Å². The summed E-state index contributed by atoms with van der Waals surface area (Å²) in [5.41, 5.74) is 2.56. The van der Waals surface area contributed by atoms with Crippen molar-refractivity contribution in [2.45, 2.75) is 45.7 Å². The van der Waals surface area contributed by atoms with E-state index in [1.165, 1.54) is 10.6 Å². The van der Waals surface area contributed by atoms with Gasteiger partial charge >= 0.3 is 0 Å². The maximum Gasteiger partial charge on any atom is 0.0982 e. The molecule has 0 saturated heterocycles. The number of rotatable bonds is 4. The van der Waals surface area contributed by atoms with Gasteiger partial charge in [0.15, 0.2) is 0 Å². The van der Waals surface area contributed by atoms with Crippen LogP contribution in [-0.2, 0) is 12.0 Å². The molecule has 0 aliphatic heterocycles. The predicted molar refractivity (Wildman–Crippen MR) is 90.2 cm³/mol. The first-order chi connectivity index (χ1) is 9.36. The summed E-state index contributed by atoms with van der Waals surface area (Å²) in [5.74, 6) is 0. The average Bonchev–Trinajstić information content (AvgIpc) is 2.85. The lowest BCUT2D eigenvalue weighted by atomic mass is 9.98. The first kappa shape index (κ1) is 15.7. The molecule has 2 aromatic rings. The molecule has 0 unspecified atom stereocenters. The van der Waals surface area contributed by atoms with E-state index in [0.29, 0.717) is 6.04 Å². The van der Waals surface area contributed by atoms with Gasteiger partial charge in [0.25, 0.3) is 0 Å². The number of hydrogen-bond donors (Lipinski definition) is 1. The van der Waals surface area contributed by atoms with E-state index in [-0.39, 0.29) is 5.41 Å². The van der Waals surface area contributed by atoms with Crippen molar-refractivity contribution >= 4 is 27.3 Å². The summed E-state index contributed by atoms with van der Waals surface area (Å²) in [6.45, 7) is 9.60. The van der Waals surface area contributed by atoms with E-state index in [1.54, 1.807) is 11.3 Å². The van der Waals surface area contributed by atoms with Crippen LogP contribution in [0.1, 0.15) is 50.0 Å². The van der Waals surface area contributed by atoms with Gasteiger partial charge in [0.1, 0.15) is 0 Å². The number of nitrogens with zero attached hydrogens (tertiary/aromatic N) is 1. The van der Waals surface area contributed by atoms with Gasteiger partial charge in [-0.3, -0.25) is 0 Å². The van der Waals surface area contributed by atoms with E-state index in [1.807, 2.05) is 0 Å². The Bertz CT molecular complexity index is 555. The summed E-state index contributed by atoms with van der Waals surface area (Å²) in [7, 11) is 0. The van der Waals surface area contributed by atoms with Gasteiger partial charge in [0, 0.05) is 27.9 Å². The van der Waals surface area contributed by atoms with Gasteiger partial charge in [-0.25, -0.2) is 4.98 Å². The molecule has 1 heterocycles. The summed E-state index contributed by atoms with van der Waals surface area (Å²) in [5, 5.41) is 6.88. The van der Waals surface area contributed by atoms with Gasteiger partial charge in [-0.2, -0.15) is 0 Å². The Kier molecular flexibility index (Phi) is 4.99. The SMILES string of the molecule is C[C@@H](NCc1csc(C(C)(C)C)n1)c1ccc(Br)cc1. The van der Waals surface area contributed by atoms with Crippen molar-refractivity contribution in [3.05, 3.63) is 50.4 Å². The molecule has 2 rings (SSSR count). The quantitative estimate of drug-likeness (QED) is 0.832. The predicted octanol–water partition coefficient (Wildman–Crippen LogP) is 5.05. The highest BCUT2D eigenvalue weighted by Gasteiger charge is 2.18. The molecule has 0 saturated carbocycles. The fourth-order valence-corrected chi connectivity index (χ4v) is 3.03. The second-order valence-corrected chi connectivity index (χ2v) is 7.82. The van der Waals surface area contributed by atoms with Crippen LogP contribution in [0, 0.1) is 0 Å². The van der Waals surface area contributed by atoms with Crippen molar-refractivity contribution in [1.82, 2.24) is 10.3 Å². The summed E-state index contributed by atoms with van der Waals surface area (Å²) < 4.78 is 1.11. The molecule has 20 heavy (non-hydrogen) atoms. The Balaban J connectivity index is 1.95. The van der Waals surface area contributed by atoms with Crippen LogP contribution in [0.2, 0.25) is 0 Å². The zero-order chi connectivity index (χ0) is 14.8. The largest absolute Gasteiger partial charge is 0.305 e. The molecule has 1 atom stereocenters. The fraction of sp³-hybridized carbons (Fsp3) is 0.438. The Morgan fingerprint density at radius 2 is 1.90 bits per heavy atom. The van der Waals surface area contributed by atoms with Crippen LogP contribution in [0.3, 0.4) is 0 Å². The van der Waals surface area contributed by atoms with Crippen LogP contribution >= 0.6 is 27.3 Å². The second-order valence-electron chi connectivity index (χ2n) is 6.05. The summed E-state index contributed by atoms with van der Waals surface area (Å²) >= 11 is 5.21. The molecule has 0 spiro atoms. The number of aromatic nitrogens is 1. The van der Waals surface area contributed by atoms with Gasteiger partial charge in [-0.05, 0) is 24.6 Å². The van der Waals surface area contributed by atoms with E-state index in [9.17, 15) is 0 Å². The van der Waals surface area contributed by atoms with Gasteiger partial charge in [0.05, 0.1) is 10.7 Å². The lowest BCUT2D eigenvalue weighted by Crippen LogP contribution is -2.18. The smallest absolute Gasteiger partial charge is 0.0982 e. The molecule has 1 aromatic heterocycles. The topological polar surface area (TPSA) is 24.9 Å². The van der Waals surface area contributed by atoms with Crippen LogP contribution in [0.5, 0.6) is 0 Å². The van der Waals surface area contributed by atoms with Crippen molar-refractivity contribution in [3.63, 3.8) is 0 Å². The van der Waals surface area contributed by atoms with E-state index in [4.69, 9.17) is 4.98 Å². The zero-order valence-electron chi connectivity index (χ0n) is 12.4. The van der Waals surface area contributed by atoms with Gasteiger partial charge in [-0.15, -0.1) is 11.3 Å². The Hall–Kier alpha value is -0.710. The van der Waals surface area contributed by atoms with Crippen LogP contribution in [0.15, 0.2) is 34.1 Å². The standard InChI is InChI=1S/C16H21BrN2S/c1-11(12-5-7-13(17)8-6-12)18-9-14-10-20-15(19-14)16(2,3)4/h5-8,10-11,18H,9H2,1-4H3/t11-/m1/s1. The lowest BCUT2D eigenvalue weighted by molar-refractivity contribution is 0.556. The van der Waals surface area contributed by atoms with Crippen molar-refractivity contribution < 1.29 is 0 Å². The molecule has 4 heteroatoms. The van der Waals surface area contributed by atoms with Crippen LogP contribution in [-0.4, -0.2) is 4.98 Å². The van der Waals surface area contributed by atoms with Crippen LogP contribution in [0.4, 0.5) is 0 Å². The average molecular weight is 353 g/mol. The van der Waals surface area contributed by atoms with Gasteiger partial charge in [0.2, 0.25) is 0 Å². The second kappa shape index (κ2) is 6.37. The lowest BCUT2D eigenvalue weighted by Gasteiger charge is -2.15. The maximum absolute atomic E-state index is 4.71. The molecular weight excluding hydrogens is 332 g/mol. The van der Waals surface area contributed by atoms with E-state index >= 15 is 0 Å². The minimum atomic E-state index is 0.139. The third kappa shape index (κ3) is 4.14. The minimum absolute atomic E-state index is 0.139. The highest BCUT2D eigenvalue weighted by molar-refractivity contribution is 9.10. The van der Waals surface area contributed by atoms with Crippen LogP contribution < -0.4 is 5.32 Å². The van der Waals surface area contributed by atoms with E-state index in [2.05, 4.69) is 78.6 Å². The number of thiazole rings is 1.